The Morgan fingerprint density at radius 2 is 1.79 bits per heavy atom. The van der Waals surface area contributed by atoms with E-state index in [9.17, 15) is 4.79 Å². The number of nitrogens with one attached hydrogen (secondary N) is 1. The molecule has 7 heteroatoms. The number of benzene rings is 3. The van der Waals surface area contributed by atoms with Gasteiger partial charge in [0.15, 0.2) is 0 Å². The lowest BCUT2D eigenvalue weighted by molar-refractivity contribution is 0.102. The smallest absolute Gasteiger partial charge is 0.255 e. The average molecular weight is 473 g/mol. The topological polar surface area (TPSA) is 57.7 Å². The molecule has 1 fully saturated rings. The Hall–Kier alpha value is -3.42. The van der Waals surface area contributed by atoms with Crippen LogP contribution < -0.4 is 15.0 Å². The fraction of sp³-hybridized carbons (Fsp3) is 0.259. The highest BCUT2D eigenvalue weighted by molar-refractivity contribution is 7.13. The van der Waals surface area contributed by atoms with Crippen molar-refractivity contribution in [2.75, 3.05) is 50.1 Å². The first-order chi connectivity index (χ1) is 16.7. The second kappa shape index (κ2) is 10.2. The molecule has 0 aliphatic carbocycles. The van der Waals surface area contributed by atoms with Crippen LogP contribution >= 0.6 is 11.5 Å². The van der Waals surface area contributed by atoms with Crippen LogP contribution in [-0.2, 0) is 6.42 Å². The average Bonchev–Trinajstić information content (AvgIpc) is 3.33. The second-order valence-corrected chi connectivity index (χ2v) is 9.27. The minimum absolute atomic E-state index is 0.141. The van der Waals surface area contributed by atoms with Gasteiger partial charge in [-0.05, 0) is 66.0 Å². The number of hydrogen-bond donors (Lipinski definition) is 1. The van der Waals surface area contributed by atoms with E-state index in [1.54, 1.807) is 30.8 Å². The number of hydrogen-bond acceptors (Lipinski definition) is 6. The molecule has 1 aliphatic rings. The molecule has 1 aliphatic heterocycles. The van der Waals surface area contributed by atoms with Crippen molar-refractivity contribution in [3.05, 3.63) is 83.9 Å². The Labute approximate surface area is 203 Å². The molecule has 34 heavy (non-hydrogen) atoms. The summed E-state index contributed by atoms with van der Waals surface area (Å²) in [5, 5.41) is 4.22. The van der Waals surface area contributed by atoms with Gasteiger partial charge in [-0.2, -0.15) is 4.37 Å². The quantitative estimate of drug-likeness (QED) is 0.414. The molecule has 0 radical (unpaired) electrons. The molecule has 0 atom stereocenters. The van der Waals surface area contributed by atoms with E-state index < -0.39 is 0 Å². The molecular weight excluding hydrogens is 444 g/mol. The van der Waals surface area contributed by atoms with Crippen molar-refractivity contribution in [2.45, 2.75) is 6.42 Å². The van der Waals surface area contributed by atoms with Gasteiger partial charge in [-0.1, -0.05) is 30.3 Å². The van der Waals surface area contributed by atoms with E-state index in [0.717, 1.165) is 50.6 Å². The van der Waals surface area contributed by atoms with Crippen LogP contribution in [0.1, 0.15) is 15.9 Å². The monoisotopic (exact) mass is 472 g/mol. The minimum Gasteiger partial charge on any atom is -0.497 e. The van der Waals surface area contributed by atoms with Crippen LogP contribution in [0.2, 0.25) is 0 Å². The van der Waals surface area contributed by atoms with Crippen LogP contribution in [0.5, 0.6) is 5.75 Å². The maximum atomic E-state index is 12.5. The Balaban J connectivity index is 1.10. The van der Waals surface area contributed by atoms with Crippen molar-refractivity contribution in [1.29, 1.82) is 0 Å². The summed E-state index contributed by atoms with van der Waals surface area (Å²) < 4.78 is 11.2. The number of carbonyl (C=O) groups is 1. The number of aromatic nitrogens is 1. The summed E-state index contributed by atoms with van der Waals surface area (Å²) in [6, 6.07) is 23.8. The first-order valence-electron chi connectivity index (χ1n) is 11.6. The molecule has 5 rings (SSSR count). The number of rotatable bonds is 7. The van der Waals surface area contributed by atoms with Gasteiger partial charge in [0.2, 0.25) is 0 Å². The highest BCUT2D eigenvalue weighted by atomic mass is 32.1. The number of piperazine rings is 1. The lowest BCUT2D eigenvalue weighted by Crippen LogP contribution is -2.47. The number of methoxy groups -OCH3 is 1. The number of carbonyl (C=O) groups excluding carboxylic acids is 1. The maximum Gasteiger partial charge on any atom is 0.255 e. The lowest BCUT2D eigenvalue weighted by atomic mass is 10.1. The van der Waals surface area contributed by atoms with Crippen LogP contribution in [0.3, 0.4) is 0 Å². The van der Waals surface area contributed by atoms with Crippen LogP contribution in [0.25, 0.3) is 10.1 Å². The zero-order valence-electron chi connectivity index (χ0n) is 19.2. The van der Waals surface area contributed by atoms with E-state index in [2.05, 4.69) is 51.5 Å². The van der Waals surface area contributed by atoms with Crippen molar-refractivity contribution < 1.29 is 9.53 Å². The molecule has 1 aromatic heterocycles. The normalized spacial score (nSPS) is 14.3. The Morgan fingerprint density at radius 1 is 1.00 bits per heavy atom. The standard InChI is InChI=1S/C27H28N4O2S/c1-33-23-6-4-5-21(19-23)27(32)28-22-11-9-20(10-12-22)13-14-30-15-17-31(18-16-30)26-24-7-2-3-8-25(24)34-29-26/h2-12,19H,13-18H2,1H3,(H,28,32). The van der Waals surface area contributed by atoms with Gasteiger partial charge in [-0.3, -0.25) is 9.69 Å². The SMILES string of the molecule is COc1cccc(C(=O)Nc2ccc(CCN3CCN(c4nsc5ccccc45)CC3)cc2)c1. The molecule has 4 aromatic rings. The second-order valence-electron chi connectivity index (χ2n) is 8.46. The van der Waals surface area contributed by atoms with E-state index >= 15 is 0 Å². The summed E-state index contributed by atoms with van der Waals surface area (Å²) in [6.45, 7) is 5.12. The molecule has 0 spiro atoms. The summed E-state index contributed by atoms with van der Waals surface area (Å²) in [6.07, 6.45) is 0.990. The molecule has 1 amide bonds. The van der Waals surface area contributed by atoms with Gasteiger partial charge < -0.3 is 15.0 Å². The van der Waals surface area contributed by atoms with Gasteiger partial charge in [0, 0.05) is 49.4 Å². The van der Waals surface area contributed by atoms with Crippen molar-refractivity contribution in [3.8, 4) is 5.75 Å². The molecule has 1 N–H and O–H groups in total. The number of nitrogens with zero attached hydrogens (tertiary/aromatic N) is 3. The number of fused-ring (bicyclic) bond motifs is 1. The van der Waals surface area contributed by atoms with Gasteiger partial charge >= 0.3 is 0 Å². The molecule has 6 nitrogen and oxygen atoms in total. The molecule has 3 aromatic carbocycles. The summed E-state index contributed by atoms with van der Waals surface area (Å²) in [5.41, 5.74) is 2.64. The molecular formula is C27H28N4O2S. The summed E-state index contributed by atoms with van der Waals surface area (Å²) in [4.78, 5) is 17.4. The summed E-state index contributed by atoms with van der Waals surface area (Å²) >= 11 is 1.58. The number of ether oxygens (including phenoxy) is 1. The first kappa shape index (κ1) is 22.4. The predicted molar refractivity (Wildman–Crippen MR) is 139 cm³/mol. The minimum atomic E-state index is -0.141. The Bertz CT molecular complexity index is 1260. The molecule has 2 heterocycles. The van der Waals surface area contributed by atoms with E-state index in [0.29, 0.717) is 11.3 Å². The fourth-order valence-corrected chi connectivity index (χ4v) is 5.09. The van der Waals surface area contributed by atoms with Crippen LogP contribution in [0.4, 0.5) is 11.5 Å². The van der Waals surface area contributed by atoms with Crippen LogP contribution in [0.15, 0.2) is 72.8 Å². The van der Waals surface area contributed by atoms with Gasteiger partial charge in [0.05, 0.1) is 11.8 Å². The maximum absolute atomic E-state index is 12.5. The van der Waals surface area contributed by atoms with Crippen LogP contribution in [0, 0.1) is 0 Å². The van der Waals surface area contributed by atoms with Gasteiger partial charge in [-0.25, -0.2) is 0 Å². The third-order valence-corrected chi connectivity index (χ3v) is 7.11. The number of anilines is 2. The third kappa shape index (κ3) is 5.05. The summed E-state index contributed by atoms with van der Waals surface area (Å²) in [7, 11) is 1.60. The Kier molecular flexibility index (Phi) is 6.74. The number of amides is 1. The van der Waals surface area contributed by atoms with E-state index in [4.69, 9.17) is 9.11 Å². The zero-order chi connectivity index (χ0) is 23.3. The van der Waals surface area contributed by atoms with Crippen molar-refractivity contribution in [2.24, 2.45) is 0 Å². The van der Waals surface area contributed by atoms with Gasteiger partial charge in [0.1, 0.15) is 11.6 Å². The molecule has 1 saturated heterocycles. The molecule has 0 bridgehead atoms. The van der Waals surface area contributed by atoms with Crippen molar-refractivity contribution in [3.63, 3.8) is 0 Å². The van der Waals surface area contributed by atoms with Gasteiger partial charge in [-0.15, -0.1) is 0 Å². The van der Waals surface area contributed by atoms with E-state index in [1.807, 2.05) is 24.3 Å². The summed E-state index contributed by atoms with van der Waals surface area (Å²) in [5.74, 6) is 1.66. The Morgan fingerprint density at radius 3 is 2.59 bits per heavy atom. The zero-order valence-corrected chi connectivity index (χ0v) is 20.1. The van der Waals surface area contributed by atoms with Gasteiger partial charge in [0.25, 0.3) is 5.91 Å². The molecule has 0 unspecified atom stereocenters. The van der Waals surface area contributed by atoms with E-state index in [1.165, 1.54) is 15.6 Å². The highest BCUT2D eigenvalue weighted by Gasteiger charge is 2.20. The molecule has 174 valence electrons. The van der Waals surface area contributed by atoms with Crippen molar-refractivity contribution in [1.82, 2.24) is 9.27 Å². The fourth-order valence-electron chi connectivity index (χ4n) is 4.29. The first-order valence-corrected chi connectivity index (χ1v) is 12.3. The van der Waals surface area contributed by atoms with Crippen LogP contribution in [-0.4, -0.2) is 55.0 Å². The lowest BCUT2D eigenvalue weighted by Gasteiger charge is -2.35. The third-order valence-electron chi connectivity index (χ3n) is 6.29. The highest BCUT2D eigenvalue weighted by Crippen LogP contribution is 2.29. The molecule has 0 saturated carbocycles. The predicted octanol–water partition coefficient (Wildman–Crippen LogP) is 4.92. The van der Waals surface area contributed by atoms with Crippen molar-refractivity contribution >= 4 is 39.0 Å². The largest absolute Gasteiger partial charge is 0.497 e. The van der Waals surface area contributed by atoms with E-state index in [-0.39, 0.29) is 5.91 Å².